The Morgan fingerprint density at radius 2 is 2.08 bits per heavy atom. The number of thioether (sulfide) groups is 1. The minimum absolute atomic E-state index is 0.0262. The number of nitrogens with zero attached hydrogens (tertiary/aromatic N) is 2. The molecule has 0 saturated carbocycles. The second-order valence-corrected chi connectivity index (χ2v) is 10.1. The molecule has 9 heteroatoms. The van der Waals surface area contributed by atoms with Crippen molar-refractivity contribution < 1.29 is 18.0 Å². The van der Waals surface area contributed by atoms with E-state index in [0.717, 1.165) is 17.3 Å². The Hall–Kier alpha value is -1.71. The molecule has 1 aromatic carbocycles. The van der Waals surface area contributed by atoms with E-state index in [9.17, 15) is 18.0 Å². The number of sulfone groups is 1. The van der Waals surface area contributed by atoms with E-state index in [0.29, 0.717) is 15.6 Å². The van der Waals surface area contributed by atoms with Crippen LogP contribution in [0.5, 0.6) is 0 Å². The fourth-order valence-corrected chi connectivity index (χ4v) is 5.90. The van der Waals surface area contributed by atoms with Gasteiger partial charge >= 0.3 is 0 Å². The van der Waals surface area contributed by atoms with Gasteiger partial charge in [-0.3, -0.25) is 14.5 Å². The van der Waals surface area contributed by atoms with E-state index in [-0.39, 0.29) is 35.9 Å². The SMILES string of the molecule is CN(C(=O)CN1C(=O)/C(=C/c2ccccc2)SC1=S)[C@@H]1CCS(=O)(=O)C1. The molecule has 0 N–H and O–H groups in total. The van der Waals surface area contributed by atoms with E-state index in [2.05, 4.69) is 0 Å². The molecule has 2 saturated heterocycles. The van der Waals surface area contributed by atoms with Crippen LogP contribution in [0.2, 0.25) is 0 Å². The number of thiocarbonyl (C=S) groups is 1. The summed E-state index contributed by atoms with van der Waals surface area (Å²) in [5.41, 5.74) is 0.882. The Morgan fingerprint density at radius 1 is 1.38 bits per heavy atom. The summed E-state index contributed by atoms with van der Waals surface area (Å²) in [6, 6.07) is 9.06. The van der Waals surface area contributed by atoms with Gasteiger partial charge in [0, 0.05) is 13.1 Å². The van der Waals surface area contributed by atoms with Crippen molar-refractivity contribution in [3.63, 3.8) is 0 Å². The number of amides is 2. The molecule has 0 aliphatic carbocycles. The van der Waals surface area contributed by atoms with Crippen LogP contribution in [0, 0.1) is 0 Å². The molecule has 2 aliphatic rings. The molecule has 0 bridgehead atoms. The minimum atomic E-state index is -3.08. The average molecular weight is 411 g/mol. The monoisotopic (exact) mass is 410 g/mol. The molecule has 2 aliphatic heterocycles. The van der Waals surface area contributed by atoms with Gasteiger partial charge in [0.1, 0.15) is 10.9 Å². The summed E-state index contributed by atoms with van der Waals surface area (Å²) in [4.78, 5) is 28.3. The van der Waals surface area contributed by atoms with Gasteiger partial charge in [-0.05, 0) is 18.1 Å². The third kappa shape index (κ3) is 4.16. The molecule has 2 heterocycles. The van der Waals surface area contributed by atoms with Crippen molar-refractivity contribution in [3.8, 4) is 0 Å². The smallest absolute Gasteiger partial charge is 0.266 e. The van der Waals surface area contributed by atoms with Gasteiger partial charge in [0.25, 0.3) is 5.91 Å². The van der Waals surface area contributed by atoms with Crippen LogP contribution < -0.4 is 0 Å². The van der Waals surface area contributed by atoms with Gasteiger partial charge in [-0.15, -0.1) is 0 Å². The quantitative estimate of drug-likeness (QED) is 0.554. The molecule has 3 rings (SSSR count). The summed E-state index contributed by atoms with van der Waals surface area (Å²) in [6.45, 7) is -0.177. The Kier molecular flexibility index (Phi) is 5.50. The van der Waals surface area contributed by atoms with Gasteiger partial charge in [0.2, 0.25) is 5.91 Å². The van der Waals surface area contributed by atoms with Gasteiger partial charge in [-0.2, -0.15) is 0 Å². The van der Waals surface area contributed by atoms with Gasteiger partial charge < -0.3 is 4.90 Å². The molecule has 2 fully saturated rings. The summed E-state index contributed by atoms with van der Waals surface area (Å²) in [5.74, 6) is -0.549. The molecule has 0 spiro atoms. The van der Waals surface area contributed by atoms with Crippen molar-refractivity contribution >= 4 is 56.0 Å². The minimum Gasteiger partial charge on any atom is -0.340 e. The summed E-state index contributed by atoms with van der Waals surface area (Å²) in [6.07, 6.45) is 2.17. The van der Waals surface area contributed by atoms with Crippen molar-refractivity contribution in [1.82, 2.24) is 9.80 Å². The Morgan fingerprint density at radius 3 is 2.69 bits per heavy atom. The van der Waals surface area contributed by atoms with E-state index < -0.39 is 9.84 Å². The maximum Gasteiger partial charge on any atom is 0.266 e. The highest BCUT2D eigenvalue weighted by molar-refractivity contribution is 8.26. The molecule has 6 nitrogen and oxygen atoms in total. The van der Waals surface area contributed by atoms with Crippen molar-refractivity contribution in [1.29, 1.82) is 0 Å². The number of carbonyl (C=O) groups is 2. The fraction of sp³-hybridized carbons (Fsp3) is 0.353. The van der Waals surface area contributed by atoms with Crippen LogP contribution >= 0.6 is 24.0 Å². The van der Waals surface area contributed by atoms with Crippen LogP contribution in [0.4, 0.5) is 0 Å². The van der Waals surface area contributed by atoms with Gasteiger partial charge in [-0.1, -0.05) is 54.3 Å². The van der Waals surface area contributed by atoms with Crippen LogP contribution in [0.25, 0.3) is 6.08 Å². The van der Waals surface area contributed by atoms with Crippen molar-refractivity contribution in [3.05, 3.63) is 40.8 Å². The summed E-state index contributed by atoms with van der Waals surface area (Å²) < 4.78 is 23.5. The van der Waals surface area contributed by atoms with E-state index in [1.165, 1.54) is 9.80 Å². The van der Waals surface area contributed by atoms with Gasteiger partial charge in [0.05, 0.1) is 16.4 Å². The normalized spacial score (nSPS) is 23.7. The first kappa shape index (κ1) is 19.1. The zero-order chi connectivity index (χ0) is 18.9. The van der Waals surface area contributed by atoms with E-state index >= 15 is 0 Å². The lowest BCUT2D eigenvalue weighted by Gasteiger charge is -2.25. The number of likely N-dealkylation sites (N-methyl/N-ethyl adjacent to an activating group) is 1. The Bertz CT molecular complexity index is 881. The molecule has 0 aromatic heterocycles. The molecule has 138 valence electrons. The molecular formula is C17H18N2O4S3. The van der Waals surface area contributed by atoms with Gasteiger partial charge in [0.15, 0.2) is 9.84 Å². The molecule has 2 amide bonds. The molecule has 1 aromatic rings. The first-order chi connectivity index (χ1) is 12.3. The standard InChI is InChI=1S/C17H18N2O4S3/c1-18(13-7-8-26(22,23)11-13)15(20)10-19-16(21)14(25-17(19)24)9-12-5-3-2-4-6-12/h2-6,9,13H,7-8,10-11H2,1H3/b14-9-/t13-/m1/s1. The lowest BCUT2D eigenvalue weighted by molar-refractivity contribution is -0.135. The van der Waals surface area contributed by atoms with Crippen LogP contribution in [-0.2, 0) is 19.4 Å². The van der Waals surface area contributed by atoms with E-state index in [1.807, 2.05) is 30.3 Å². The topological polar surface area (TPSA) is 74.8 Å². The predicted octanol–water partition coefficient (Wildman–Crippen LogP) is 1.53. The number of hydrogen-bond acceptors (Lipinski definition) is 6. The zero-order valence-corrected chi connectivity index (χ0v) is 16.6. The second-order valence-electron chi connectivity index (χ2n) is 6.24. The Balaban J connectivity index is 1.68. The Labute approximate surface area is 162 Å². The number of benzene rings is 1. The molecule has 26 heavy (non-hydrogen) atoms. The average Bonchev–Trinajstić information content (AvgIpc) is 3.09. The largest absolute Gasteiger partial charge is 0.340 e. The molecule has 1 atom stereocenters. The first-order valence-electron chi connectivity index (χ1n) is 8.03. The predicted molar refractivity (Wildman–Crippen MR) is 106 cm³/mol. The van der Waals surface area contributed by atoms with E-state index in [4.69, 9.17) is 12.2 Å². The number of hydrogen-bond donors (Lipinski definition) is 0. The van der Waals surface area contributed by atoms with Gasteiger partial charge in [-0.25, -0.2) is 8.42 Å². The maximum absolute atomic E-state index is 12.6. The highest BCUT2D eigenvalue weighted by atomic mass is 32.2. The first-order valence-corrected chi connectivity index (χ1v) is 11.1. The second kappa shape index (κ2) is 7.50. The third-order valence-corrected chi connectivity index (χ3v) is 7.54. The fourth-order valence-electron chi connectivity index (χ4n) is 2.87. The van der Waals surface area contributed by atoms with Crippen LogP contribution in [-0.4, -0.2) is 65.5 Å². The lowest BCUT2D eigenvalue weighted by Crippen LogP contribution is -2.45. The highest BCUT2D eigenvalue weighted by Crippen LogP contribution is 2.32. The van der Waals surface area contributed by atoms with Crippen molar-refractivity contribution in [2.45, 2.75) is 12.5 Å². The highest BCUT2D eigenvalue weighted by Gasteiger charge is 2.37. The van der Waals surface area contributed by atoms with Crippen LogP contribution in [0.15, 0.2) is 35.2 Å². The summed E-state index contributed by atoms with van der Waals surface area (Å²) in [7, 11) is -1.50. The van der Waals surface area contributed by atoms with E-state index in [1.54, 1.807) is 13.1 Å². The third-order valence-electron chi connectivity index (χ3n) is 4.41. The maximum atomic E-state index is 12.6. The molecule has 0 unspecified atom stereocenters. The lowest BCUT2D eigenvalue weighted by atomic mass is 10.2. The molecule has 0 radical (unpaired) electrons. The summed E-state index contributed by atoms with van der Waals surface area (Å²) in [5, 5.41) is 0. The zero-order valence-electron chi connectivity index (χ0n) is 14.1. The van der Waals surface area contributed by atoms with Crippen LogP contribution in [0.1, 0.15) is 12.0 Å². The van der Waals surface area contributed by atoms with Crippen molar-refractivity contribution in [2.75, 3.05) is 25.1 Å². The number of carbonyl (C=O) groups excluding carboxylic acids is 2. The van der Waals surface area contributed by atoms with Crippen LogP contribution in [0.3, 0.4) is 0 Å². The van der Waals surface area contributed by atoms with Crippen molar-refractivity contribution in [2.24, 2.45) is 0 Å². The molecular weight excluding hydrogens is 392 g/mol. The summed E-state index contributed by atoms with van der Waals surface area (Å²) >= 11 is 6.41. The number of rotatable bonds is 4.